The van der Waals surface area contributed by atoms with Crippen molar-refractivity contribution in [3.05, 3.63) is 24.3 Å². The number of nitrogens with zero attached hydrogens (tertiary/aromatic N) is 1. The maximum absolute atomic E-state index is 12.1. The Hall–Kier alpha value is -1.02. The van der Waals surface area contributed by atoms with Gasteiger partial charge in [-0.15, -0.1) is 0 Å². The first-order valence-electron chi connectivity index (χ1n) is 17.6. The van der Waals surface area contributed by atoms with Crippen molar-refractivity contribution >= 4 is 13.7 Å². The SMILES string of the molecule is CCCCCCCCCCCCCCCCCCC/C=C/CC/C=C/C(O)C(COP(=O)([O-])OCC[N+](C)(C)C)NC(C)=O. The Morgan fingerprint density at radius 1 is 0.773 bits per heavy atom. The Bertz CT molecular complexity index is 784. The smallest absolute Gasteiger partial charge is 0.268 e. The van der Waals surface area contributed by atoms with E-state index in [-0.39, 0.29) is 12.5 Å². The Morgan fingerprint density at radius 2 is 1.23 bits per heavy atom. The summed E-state index contributed by atoms with van der Waals surface area (Å²) in [7, 11) is 1.23. The Kier molecular flexibility index (Phi) is 27.6. The number of unbranched alkanes of at least 4 members (excludes halogenated alkanes) is 18. The number of phosphoric acid groups is 1. The lowest BCUT2D eigenvalue weighted by Crippen LogP contribution is -2.45. The second kappa shape index (κ2) is 28.2. The maximum atomic E-state index is 12.1. The summed E-state index contributed by atoms with van der Waals surface area (Å²) in [6.45, 7) is 3.66. The number of amides is 1. The molecule has 0 saturated carbocycles. The van der Waals surface area contributed by atoms with Crippen LogP contribution in [-0.2, 0) is 18.4 Å². The van der Waals surface area contributed by atoms with Crippen LogP contribution >= 0.6 is 7.82 Å². The van der Waals surface area contributed by atoms with E-state index >= 15 is 0 Å². The molecular formula is C35H69N2O6P. The van der Waals surface area contributed by atoms with E-state index in [0.717, 1.165) is 19.3 Å². The second-order valence-electron chi connectivity index (χ2n) is 13.3. The van der Waals surface area contributed by atoms with E-state index in [9.17, 15) is 19.4 Å². The number of aliphatic hydroxyl groups is 1. The fourth-order valence-corrected chi connectivity index (χ4v) is 5.63. The van der Waals surface area contributed by atoms with Crippen molar-refractivity contribution in [3.63, 3.8) is 0 Å². The van der Waals surface area contributed by atoms with Crippen LogP contribution in [0.1, 0.15) is 142 Å². The molecule has 0 heterocycles. The molecule has 3 atom stereocenters. The molecule has 0 aromatic carbocycles. The van der Waals surface area contributed by atoms with Crippen molar-refractivity contribution in [2.45, 2.75) is 154 Å². The molecule has 0 radical (unpaired) electrons. The number of rotatable bonds is 31. The van der Waals surface area contributed by atoms with Crippen LogP contribution in [0.25, 0.3) is 0 Å². The van der Waals surface area contributed by atoms with Crippen molar-refractivity contribution in [2.24, 2.45) is 0 Å². The molecular weight excluding hydrogens is 575 g/mol. The van der Waals surface area contributed by atoms with Crippen molar-refractivity contribution in [1.82, 2.24) is 5.32 Å². The third-order valence-electron chi connectivity index (χ3n) is 7.70. The monoisotopic (exact) mass is 644 g/mol. The molecule has 260 valence electrons. The van der Waals surface area contributed by atoms with Crippen molar-refractivity contribution in [3.8, 4) is 0 Å². The van der Waals surface area contributed by atoms with Gasteiger partial charge in [-0.05, 0) is 25.7 Å². The first-order valence-corrected chi connectivity index (χ1v) is 19.1. The molecule has 0 bridgehead atoms. The maximum Gasteiger partial charge on any atom is 0.268 e. The van der Waals surface area contributed by atoms with Gasteiger partial charge in [0.1, 0.15) is 13.2 Å². The standard InChI is InChI=1S/C35H69N2O6P/c1-6-7-8-9-10-11-12-13-14-15-16-17-18-19-20-21-22-23-24-25-26-27-28-29-35(39)34(36-33(2)38)32-43-44(40,41)42-31-30-37(3,4)5/h24-25,28-29,34-35,39H,6-23,26-27,30-32H2,1-5H3,(H-,36,38,40,41)/b25-24+,29-28+. The lowest BCUT2D eigenvalue weighted by molar-refractivity contribution is -0.870. The normalized spacial score (nSPS) is 15.2. The van der Waals surface area contributed by atoms with E-state index in [1.54, 1.807) is 6.08 Å². The summed E-state index contributed by atoms with van der Waals surface area (Å²) >= 11 is 0. The number of allylic oxidation sites excluding steroid dienone is 3. The van der Waals surface area contributed by atoms with Crippen molar-refractivity contribution < 1.29 is 32.9 Å². The predicted octanol–water partition coefficient (Wildman–Crippen LogP) is 7.99. The van der Waals surface area contributed by atoms with Crippen molar-refractivity contribution in [1.29, 1.82) is 0 Å². The highest BCUT2D eigenvalue weighted by molar-refractivity contribution is 7.45. The zero-order valence-corrected chi connectivity index (χ0v) is 30.0. The third kappa shape index (κ3) is 31.0. The molecule has 1 amide bonds. The minimum atomic E-state index is -4.54. The van der Waals surface area contributed by atoms with E-state index in [1.165, 1.54) is 116 Å². The molecule has 0 aliphatic rings. The zero-order chi connectivity index (χ0) is 32.9. The van der Waals surface area contributed by atoms with Gasteiger partial charge in [0.25, 0.3) is 7.82 Å². The van der Waals surface area contributed by atoms with Crippen LogP contribution in [0.2, 0.25) is 0 Å². The Labute approximate surface area is 271 Å². The van der Waals surface area contributed by atoms with Gasteiger partial charge < -0.3 is 28.8 Å². The molecule has 0 fully saturated rings. The highest BCUT2D eigenvalue weighted by atomic mass is 31.2. The van der Waals surface area contributed by atoms with Crippen LogP contribution in [0.15, 0.2) is 24.3 Å². The molecule has 8 nitrogen and oxygen atoms in total. The lowest BCUT2D eigenvalue weighted by Gasteiger charge is -2.29. The first-order chi connectivity index (χ1) is 21.0. The van der Waals surface area contributed by atoms with E-state index in [2.05, 4.69) is 24.4 Å². The van der Waals surface area contributed by atoms with Crippen LogP contribution in [0, 0.1) is 0 Å². The topological polar surface area (TPSA) is 108 Å². The average molecular weight is 645 g/mol. The number of carbonyl (C=O) groups excluding carboxylic acids is 1. The van der Waals surface area contributed by atoms with Crippen LogP contribution < -0.4 is 10.2 Å². The zero-order valence-electron chi connectivity index (χ0n) is 29.1. The highest BCUT2D eigenvalue weighted by Gasteiger charge is 2.22. The number of carbonyl (C=O) groups is 1. The number of aliphatic hydroxyl groups excluding tert-OH is 1. The molecule has 2 N–H and O–H groups in total. The number of hydrogen-bond donors (Lipinski definition) is 2. The molecule has 44 heavy (non-hydrogen) atoms. The van der Waals surface area contributed by atoms with E-state index in [0.29, 0.717) is 11.0 Å². The van der Waals surface area contributed by atoms with Gasteiger partial charge in [-0.25, -0.2) is 0 Å². The summed E-state index contributed by atoms with van der Waals surface area (Å²) in [4.78, 5) is 23.6. The average Bonchev–Trinajstić information content (AvgIpc) is 2.94. The molecule has 0 aromatic heterocycles. The molecule has 0 spiro atoms. The Balaban J connectivity index is 3.85. The van der Waals surface area contributed by atoms with Crippen LogP contribution in [0.3, 0.4) is 0 Å². The molecule has 3 unspecified atom stereocenters. The van der Waals surface area contributed by atoms with Crippen molar-refractivity contribution in [2.75, 3.05) is 40.9 Å². The third-order valence-corrected chi connectivity index (χ3v) is 8.66. The number of phosphoric ester groups is 1. The molecule has 0 aromatic rings. The van der Waals surface area contributed by atoms with E-state index < -0.39 is 26.6 Å². The summed E-state index contributed by atoms with van der Waals surface area (Å²) < 4.78 is 22.4. The summed E-state index contributed by atoms with van der Waals surface area (Å²) in [5.74, 6) is -0.384. The van der Waals surface area contributed by atoms with E-state index in [4.69, 9.17) is 9.05 Å². The van der Waals surface area contributed by atoms with Gasteiger partial charge in [0, 0.05) is 6.92 Å². The van der Waals surface area contributed by atoms with E-state index in [1.807, 2.05) is 27.2 Å². The number of likely N-dealkylation sites (N-methyl/N-ethyl adjacent to an activating group) is 1. The van der Waals surface area contributed by atoms with Gasteiger partial charge in [0.2, 0.25) is 5.91 Å². The molecule has 0 aliphatic heterocycles. The lowest BCUT2D eigenvalue weighted by atomic mass is 10.0. The fraction of sp³-hybridized carbons (Fsp3) is 0.857. The largest absolute Gasteiger partial charge is 0.756 e. The second-order valence-corrected chi connectivity index (χ2v) is 14.7. The summed E-state index contributed by atoms with van der Waals surface area (Å²) in [6, 6.07) is -0.900. The van der Waals surface area contributed by atoms with Crippen LogP contribution in [0.4, 0.5) is 0 Å². The van der Waals surface area contributed by atoms with Crippen LogP contribution in [0.5, 0.6) is 0 Å². The van der Waals surface area contributed by atoms with Gasteiger partial charge in [-0.1, -0.05) is 134 Å². The summed E-state index contributed by atoms with van der Waals surface area (Å²) in [5, 5.41) is 13.0. The Morgan fingerprint density at radius 3 is 1.70 bits per heavy atom. The van der Waals surface area contributed by atoms with Gasteiger partial charge in [-0.2, -0.15) is 0 Å². The number of nitrogens with one attached hydrogen (secondary N) is 1. The molecule has 0 aliphatic carbocycles. The predicted molar refractivity (Wildman–Crippen MR) is 182 cm³/mol. The van der Waals surface area contributed by atoms with Crippen LogP contribution in [-0.4, -0.2) is 68.5 Å². The minimum absolute atomic E-state index is 0.00936. The number of quaternary nitrogens is 1. The number of hydrogen-bond acceptors (Lipinski definition) is 6. The summed E-state index contributed by atoms with van der Waals surface area (Å²) in [5.41, 5.74) is 0. The molecule has 0 saturated heterocycles. The van der Waals surface area contributed by atoms with Gasteiger partial charge in [0.15, 0.2) is 0 Å². The highest BCUT2D eigenvalue weighted by Crippen LogP contribution is 2.38. The fourth-order valence-electron chi connectivity index (χ4n) is 4.91. The first kappa shape index (κ1) is 43.0. The van der Waals surface area contributed by atoms with Gasteiger partial charge >= 0.3 is 0 Å². The molecule has 0 rings (SSSR count). The summed E-state index contributed by atoms with van der Waals surface area (Å²) in [6.07, 6.45) is 33.0. The minimum Gasteiger partial charge on any atom is -0.756 e. The molecule has 9 heteroatoms. The van der Waals surface area contributed by atoms with Gasteiger partial charge in [-0.3, -0.25) is 9.36 Å². The van der Waals surface area contributed by atoms with Gasteiger partial charge in [0.05, 0.1) is 39.9 Å². The quantitative estimate of drug-likeness (QED) is 0.0343.